The summed E-state index contributed by atoms with van der Waals surface area (Å²) >= 11 is 0. The molecule has 0 aliphatic heterocycles. The quantitative estimate of drug-likeness (QED) is 0.854. The van der Waals surface area contributed by atoms with Gasteiger partial charge in [-0.15, -0.1) is 0 Å². The van der Waals surface area contributed by atoms with Gasteiger partial charge < -0.3 is 14.6 Å². The van der Waals surface area contributed by atoms with Crippen molar-refractivity contribution in [3.8, 4) is 0 Å². The first kappa shape index (κ1) is 16.2. The summed E-state index contributed by atoms with van der Waals surface area (Å²) in [5, 5.41) is 6.55. The Kier molecular flexibility index (Phi) is 4.92. The van der Waals surface area contributed by atoms with Gasteiger partial charge in [0, 0.05) is 5.54 Å². The van der Waals surface area contributed by atoms with Crippen molar-refractivity contribution >= 4 is 11.9 Å². The molecular weight excluding hydrogens is 260 g/mol. The van der Waals surface area contributed by atoms with E-state index in [1.54, 1.807) is 6.92 Å². The summed E-state index contributed by atoms with van der Waals surface area (Å²) < 4.78 is 10.2. The predicted octanol–water partition coefficient (Wildman–Crippen LogP) is 2.01. The Morgan fingerprint density at radius 3 is 2.50 bits per heavy atom. The van der Waals surface area contributed by atoms with Gasteiger partial charge in [0.1, 0.15) is 11.3 Å². The third-order valence-corrected chi connectivity index (χ3v) is 2.62. The first-order chi connectivity index (χ1) is 9.15. The summed E-state index contributed by atoms with van der Waals surface area (Å²) in [5.41, 5.74) is 0.471. The second kappa shape index (κ2) is 6.07. The second-order valence-electron chi connectivity index (χ2n) is 5.70. The molecule has 1 atom stereocenters. The number of esters is 1. The topological polar surface area (TPSA) is 81.4 Å². The van der Waals surface area contributed by atoms with Gasteiger partial charge in [0.2, 0.25) is 0 Å². The number of hydrogen-bond acceptors (Lipinski definition) is 5. The van der Waals surface area contributed by atoms with E-state index in [0.29, 0.717) is 23.4 Å². The summed E-state index contributed by atoms with van der Waals surface area (Å²) in [7, 11) is 0. The molecule has 0 aliphatic rings. The van der Waals surface area contributed by atoms with Crippen molar-refractivity contribution < 1.29 is 18.8 Å². The average Bonchev–Trinajstić information content (AvgIpc) is 2.67. The first-order valence-corrected chi connectivity index (χ1v) is 6.64. The van der Waals surface area contributed by atoms with Crippen LogP contribution in [0.1, 0.15) is 56.4 Å². The number of carbonyl (C=O) groups excluding carboxylic acids is 2. The molecule has 0 saturated heterocycles. The molecule has 1 aromatic heterocycles. The molecule has 112 valence electrons. The summed E-state index contributed by atoms with van der Waals surface area (Å²) in [6.45, 7) is 10.6. The highest BCUT2D eigenvalue weighted by atomic mass is 16.5. The van der Waals surface area contributed by atoms with Crippen molar-refractivity contribution in [1.29, 1.82) is 0 Å². The zero-order valence-corrected chi connectivity index (χ0v) is 12.9. The number of carbonyl (C=O) groups is 2. The molecule has 0 aromatic carbocycles. The van der Waals surface area contributed by atoms with E-state index < -0.39 is 12.1 Å². The van der Waals surface area contributed by atoms with E-state index in [2.05, 4.69) is 10.5 Å². The van der Waals surface area contributed by atoms with Gasteiger partial charge in [0.25, 0.3) is 5.91 Å². The largest absolute Gasteiger partial charge is 0.449 e. The van der Waals surface area contributed by atoms with Gasteiger partial charge in [-0.05, 0) is 41.0 Å². The summed E-state index contributed by atoms with van der Waals surface area (Å²) in [6, 6.07) is 0. The Morgan fingerprint density at radius 2 is 2.00 bits per heavy atom. The van der Waals surface area contributed by atoms with Crippen molar-refractivity contribution in [3.63, 3.8) is 0 Å². The normalized spacial score (nSPS) is 12.9. The van der Waals surface area contributed by atoms with E-state index in [1.807, 2.05) is 27.7 Å². The van der Waals surface area contributed by atoms with E-state index in [0.717, 1.165) is 0 Å². The summed E-state index contributed by atoms with van der Waals surface area (Å²) in [6.07, 6.45) is -0.314. The molecule has 20 heavy (non-hydrogen) atoms. The molecule has 1 amide bonds. The van der Waals surface area contributed by atoms with Crippen LogP contribution in [-0.2, 0) is 16.0 Å². The van der Waals surface area contributed by atoms with Crippen molar-refractivity contribution in [2.24, 2.45) is 0 Å². The van der Waals surface area contributed by atoms with Crippen molar-refractivity contribution in [2.75, 3.05) is 0 Å². The van der Waals surface area contributed by atoms with Crippen LogP contribution in [-0.4, -0.2) is 28.7 Å². The smallest absolute Gasteiger partial charge is 0.344 e. The maximum absolute atomic E-state index is 12.1. The van der Waals surface area contributed by atoms with Crippen LogP contribution in [0.15, 0.2) is 4.52 Å². The second-order valence-corrected chi connectivity index (χ2v) is 5.70. The van der Waals surface area contributed by atoms with Crippen molar-refractivity contribution in [1.82, 2.24) is 10.5 Å². The van der Waals surface area contributed by atoms with Crippen molar-refractivity contribution in [2.45, 2.75) is 59.6 Å². The number of aromatic nitrogens is 1. The van der Waals surface area contributed by atoms with Crippen LogP contribution in [0.3, 0.4) is 0 Å². The minimum Gasteiger partial charge on any atom is -0.449 e. The average molecular weight is 282 g/mol. The Bertz CT molecular complexity index is 500. The molecule has 0 radical (unpaired) electrons. The maximum Gasteiger partial charge on any atom is 0.344 e. The van der Waals surface area contributed by atoms with Crippen LogP contribution >= 0.6 is 0 Å². The Morgan fingerprint density at radius 1 is 1.40 bits per heavy atom. The molecule has 1 aromatic rings. The first-order valence-electron chi connectivity index (χ1n) is 6.64. The number of ether oxygens (including phenoxy) is 1. The molecule has 0 bridgehead atoms. The third kappa shape index (κ3) is 4.08. The van der Waals surface area contributed by atoms with Crippen LogP contribution in [0.25, 0.3) is 0 Å². The zero-order valence-electron chi connectivity index (χ0n) is 12.9. The Balaban J connectivity index is 2.75. The summed E-state index contributed by atoms with van der Waals surface area (Å²) in [4.78, 5) is 24.0. The third-order valence-electron chi connectivity index (χ3n) is 2.62. The highest BCUT2D eigenvalue weighted by Gasteiger charge is 2.26. The zero-order chi connectivity index (χ0) is 15.5. The molecule has 0 aliphatic carbocycles. The lowest BCUT2D eigenvalue weighted by molar-refractivity contribution is -0.130. The van der Waals surface area contributed by atoms with Gasteiger partial charge in [-0.25, -0.2) is 4.79 Å². The fourth-order valence-corrected chi connectivity index (χ4v) is 1.67. The fraction of sp³-hybridized carbons (Fsp3) is 0.643. The number of amides is 1. The van der Waals surface area contributed by atoms with E-state index in [1.165, 1.54) is 6.92 Å². The molecule has 6 heteroatoms. The van der Waals surface area contributed by atoms with Crippen LogP contribution in [0.4, 0.5) is 0 Å². The van der Waals surface area contributed by atoms with Crippen LogP contribution in [0.5, 0.6) is 0 Å². The van der Waals surface area contributed by atoms with E-state index >= 15 is 0 Å². The van der Waals surface area contributed by atoms with Gasteiger partial charge in [-0.3, -0.25) is 4.79 Å². The van der Waals surface area contributed by atoms with Crippen molar-refractivity contribution in [3.05, 3.63) is 17.0 Å². The van der Waals surface area contributed by atoms with Crippen LogP contribution in [0.2, 0.25) is 0 Å². The minimum absolute atomic E-state index is 0.308. The van der Waals surface area contributed by atoms with Crippen LogP contribution < -0.4 is 5.32 Å². The highest BCUT2D eigenvalue weighted by molar-refractivity contribution is 5.94. The highest BCUT2D eigenvalue weighted by Crippen LogP contribution is 2.16. The summed E-state index contributed by atoms with van der Waals surface area (Å²) in [5.74, 6) is -0.523. The van der Waals surface area contributed by atoms with E-state index in [9.17, 15) is 9.59 Å². The van der Waals surface area contributed by atoms with Gasteiger partial charge in [-0.2, -0.15) is 0 Å². The van der Waals surface area contributed by atoms with E-state index in [4.69, 9.17) is 9.26 Å². The molecular formula is C14H22N2O4. The van der Waals surface area contributed by atoms with E-state index in [-0.39, 0.29) is 11.4 Å². The Hall–Kier alpha value is -1.85. The lowest BCUT2D eigenvalue weighted by Gasteiger charge is -2.23. The number of hydrogen-bond donors (Lipinski definition) is 1. The van der Waals surface area contributed by atoms with Gasteiger partial charge in [-0.1, -0.05) is 12.1 Å². The monoisotopic (exact) mass is 282 g/mol. The Labute approximate surface area is 118 Å². The molecule has 1 unspecified atom stereocenters. The lowest BCUT2D eigenvalue weighted by atomic mass is 10.1. The number of rotatable bonds is 4. The van der Waals surface area contributed by atoms with Gasteiger partial charge >= 0.3 is 5.97 Å². The number of nitrogens with one attached hydrogen (secondary N) is 1. The molecule has 1 heterocycles. The molecule has 1 N–H and O–H groups in total. The molecule has 0 fully saturated rings. The SMILES string of the molecule is CCc1noc(C)c1C(=O)OC(C)C(=O)NC(C)(C)C. The molecule has 1 rings (SSSR count). The molecule has 0 spiro atoms. The maximum atomic E-state index is 12.1. The van der Waals surface area contributed by atoms with Gasteiger partial charge in [0.05, 0.1) is 5.69 Å². The minimum atomic E-state index is -0.874. The van der Waals surface area contributed by atoms with Crippen LogP contribution in [0, 0.1) is 6.92 Å². The molecule has 6 nitrogen and oxygen atoms in total. The number of aryl methyl sites for hydroxylation is 2. The lowest BCUT2D eigenvalue weighted by Crippen LogP contribution is -2.46. The fourth-order valence-electron chi connectivity index (χ4n) is 1.67. The van der Waals surface area contributed by atoms with Gasteiger partial charge in [0.15, 0.2) is 6.10 Å². The predicted molar refractivity (Wildman–Crippen MR) is 73.4 cm³/mol. The molecule has 0 saturated carbocycles. The number of nitrogens with zero attached hydrogens (tertiary/aromatic N) is 1. The standard InChI is InChI=1S/C14H22N2O4/c1-7-10-11(8(2)20-16-10)13(18)19-9(3)12(17)15-14(4,5)6/h9H,7H2,1-6H3,(H,15,17).